The molecule has 2 aliphatic rings. The summed E-state index contributed by atoms with van der Waals surface area (Å²) >= 11 is 0. The van der Waals surface area contributed by atoms with E-state index >= 15 is 0 Å². The number of hydrogen-bond acceptors (Lipinski definition) is 7. The minimum absolute atomic E-state index is 0.00739. The third-order valence-electron chi connectivity index (χ3n) is 8.01. The van der Waals surface area contributed by atoms with Crippen molar-refractivity contribution >= 4 is 28.1 Å². The Morgan fingerprint density at radius 1 is 1.05 bits per heavy atom. The van der Waals surface area contributed by atoms with Gasteiger partial charge in [-0.2, -0.15) is 0 Å². The van der Waals surface area contributed by atoms with Crippen molar-refractivity contribution in [1.82, 2.24) is 10.6 Å². The van der Waals surface area contributed by atoms with E-state index in [4.69, 9.17) is 0 Å². The maximum atomic E-state index is 13.7. The molecule has 1 aliphatic carbocycles. The van der Waals surface area contributed by atoms with Crippen LogP contribution in [0, 0.1) is 0 Å². The molecule has 39 heavy (non-hydrogen) atoms. The molecule has 1 amide bonds. The van der Waals surface area contributed by atoms with Gasteiger partial charge in [0.15, 0.2) is 0 Å². The van der Waals surface area contributed by atoms with Gasteiger partial charge in [-0.15, -0.1) is 10.8 Å². The van der Waals surface area contributed by atoms with Crippen LogP contribution in [-0.2, 0) is 6.42 Å². The van der Waals surface area contributed by atoms with E-state index in [1.165, 1.54) is 19.3 Å². The van der Waals surface area contributed by atoms with E-state index in [0.29, 0.717) is 43.1 Å². The molecule has 0 radical (unpaired) electrons. The van der Waals surface area contributed by atoms with Crippen LogP contribution in [0.1, 0.15) is 74.7 Å². The average molecular weight is 559 g/mol. The number of aliphatic hydroxyl groups is 1. The summed E-state index contributed by atoms with van der Waals surface area (Å²) in [5.41, 5.74) is 2.82. The minimum atomic E-state index is -2.93. The van der Waals surface area contributed by atoms with Crippen molar-refractivity contribution in [2.45, 2.75) is 82.9 Å². The molecule has 1 saturated carbocycles. The zero-order chi connectivity index (χ0) is 27.9. The van der Waals surface area contributed by atoms with Crippen molar-refractivity contribution in [3.63, 3.8) is 0 Å². The number of rotatable bonds is 11. The SMILES string of the molecule is CCNc1cc(C(=O)NC(Cc2ccccc2)C(O)CNC2(C)CCCCC2)cc(N2CCCCS2(O)O)c1. The molecule has 6 N–H and O–H groups in total. The number of nitrogens with zero attached hydrogens (tertiary/aromatic N) is 1. The zero-order valence-corrected chi connectivity index (χ0v) is 24.2. The summed E-state index contributed by atoms with van der Waals surface area (Å²) in [7, 11) is -2.93. The molecular formula is C30H46N4O4S. The second-order valence-corrected chi connectivity index (χ2v) is 13.4. The number of amides is 1. The van der Waals surface area contributed by atoms with Crippen LogP contribution in [0.15, 0.2) is 48.5 Å². The number of carbonyl (C=O) groups is 1. The van der Waals surface area contributed by atoms with Gasteiger partial charge in [0, 0.05) is 36.4 Å². The smallest absolute Gasteiger partial charge is 0.251 e. The first-order valence-corrected chi connectivity index (χ1v) is 16.1. The maximum Gasteiger partial charge on any atom is 0.251 e. The summed E-state index contributed by atoms with van der Waals surface area (Å²) in [6.45, 7) is 5.79. The molecule has 0 spiro atoms. The summed E-state index contributed by atoms with van der Waals surface area (Å²) < 4.78 is 23.1. The molecule has 2 atom stereocenters. The summed E-state index contributed by atoms with van der Waals surface area (Å²) in [6.07, 6.45) is 7.16. The standard InChI is InChI=1S/C30H46N4O4S/c1-3-31-25-19-24(20-26(21-25)34-16-10-11-17-39(34,37)38)29(36)33-27(18-23-12-6-4-7-13-23)28(35)22-32-30(2)14-8-5-9-15-30/h4,6-7,12-13,19-21,27-28,31-32,35,37-38H,3,5,8-11,14-18,22H2,1-2H3,(H,33,36). The van der Waals surface area contributed by atoms with Crippen molar-refractivity contribution in [3.8, 4) is 0 Å². The Balaban J connectivity index is 1.55. The number of carbonyl (C=O) groups excluding carboxylic acids is 1. The van der Waals surface area contributed by atoms with Crippen LogP contribution in [0.4, 0.5) is 11.4 Å². The molecule has 9 heteroatoms. The zero-order valence-electron chi connectivity index (χ0n) is 23.4. The number of aliphatic hydroxyl groups excluding tert-OH is 1. The first-order chi connectivity index (χ1) is 18.7. The predicted molar refractivity (Wildman–Crippen MR) is 162 cm³/mol. The third-order valence-corrected chi connectivity index (χ3v) is 9.94. The van der Waals surface area contributed by atoms with Gasteiger partial charge in [-0.25, -0.2) is 0 Å². The van der Waals surface area contributed by atoms with Crippen LogP contribution in [0.3, 0.4) is 0 Å². The molecule has 0 aromatic heterocycles. The van der Waals surface area contributed by atoms with E-state index in [9.17, 15) is 19.0 Å². The number of hydrogen-bond donors (Lipinski definition) is 6. The summed E-state index contributed by atoms with van der Waals surface area (Å²) in [5, 5.41) is 21.3. The Labute approximate surface area is 235 Å². The van der Waals surface area contributed by atoms with E-state index < -0.39 is 22.9 Å². The van der Waals surface area contributed by atoms with Gasteiger partial charge >= 0.3 is 0 Å². The van der Waals surface area contributed by atoms with Crippen LogP contribution in [0.2, 0.25) is 0 Å². The molecule has 2 unspecified atom stereocenters. The Morgan fingerprint density at radius 2 is 1.79 bits per heavy atom. The molecule has 2 aromatic carbocycles. The lowest BCUT2D eigenvalue weighted by Crippen LogP contribution is -2.53. The quantitative estimate of drug-likeness (QED) is 0.219. The molecule has 0 bridgehead atoms. The lowest BCUT2D eigenvalue weighted by Gasteiger charge is -2.47. The molecule has 1 heterocycles. The van der Waals surface area contributed by atoms with Crippen molar-refractivity contribution in [2.24, 2.45) is 0 Å². The van der Waals surface area contributed by atoms with Gasteiger partial charge < -0.3 is 21.1 Å². The van der Waals surface area contributed by atoms with Crippen molar-refractivity contribution in [2.75, 3.05) is 35.0 Å². The first-order valence-electron chi connectivity index (χ1n) is 14.4. The molecule has 2 aromatic rings. The Morgan fingerprint density at radius 3 is 2.49 bits per heavy atom. The lowest BCUT2D eigenvalue weighted by atomic mass is 9.83. The normalized spacial score (nSPS) is 21.0. The van der Waals surface area contributed by atoms with Crippen LogP contribution in [-0.4, -0.2) is 63.2 Å². The van der Waals surface area contributed by atoms with Gasteiger partial charge in [-0.05, 0) is 69.7 Å². The number of benzene rings is 2. The molecule has 1 aliphatic heterocycles. The lowest BCUT2D eigenvalue weighted by molar-refractivity contribution is 0.0799. The van der Waals surface area contributed by atoms with Gasteiger partial charge in [-0.3, -0.25) is 18.2 Å². The summed E-state index contributed by atoms with van der Waals surface area (Å²) in [4.78, 5) is 13.7. The van der Waals surface area contributed by atoms with Crippen molar-refractivity contribution in [3.05, 3.63) is 59.7 Å². The number of nitrogens with one attached hydrogen (secondary N) is 3. The average Bonchev–Trinajstić information content (AvgIpc) is 2.92. The Kier molecular flexibility index (Phi) is 10.2. The molecule has 2 fully saturated rings. The van der Waals surface area contributed by atoms with E-state index in [-0.39, 0.29) is 11.4 Å². The number of β-amino-alcohol motifs (C(OH)–C–C–N with tert-alkyl or cyclic N) is 1. The highest BCUT2D eigenvalue weighted by molar-refractivity contribution is 8.25. The topological polar surface area (TPSA) is 117 Å². The fourth-order valence-corrected chi connectivity index (χ4v) is 7.38. The van der Waals surface area contributed by atoms with Gasteiger partial charge in [0.1, 0.15) is 0 Å². The van der Waals surface area contributed by atoms with Gasteiger partial charge in [-0.1, -0.05) is 49.6 Å². The highest BCUT2D eigenvalue weighted by Gasteiger charge is 2.31. The van der Waals surface area contributed by atoms with Crippen molar-refractivity contribution in [1.29, 1.82) is 0 Å². The molecule has 1 saturated heterocycles. The van der Waals surface area contributed by atoms with E-state index in [1.807, 2.05) is 43.3 Å². The van der Waals surface area contributed by atoms with Gasteiger partial charge in [0.2, 0.25) is 0 Å². The molecule has 8 nitrogen and oxygen atoms in total. The first kappa shape index (κ1) is 29.7. The second kappa shape index (κ2) is 13.4. The van der Waals surface area contributed by atoms with Crippen LogP contribution >= 0.6 is 10.8 Å². The summed E-state index contributed by atoms with van der Waals surface area (Å²) in [6, 6.07) is 14.8. The fraction of sp³-hybridized carbons (Fsp3) is 0.567. The fourth-order valence-electron chi connectivity index (χ4n) is 5.70. The maximum absolute atomic E-state index is 13.7. The summed E-state index contributed by atoms with van der Waals surface area (Å²) in [5.74, 6) is 0.0328. The highest BCUT2D eigenvalue weighted by atomic mass is 32.3. The molecule has 216 valence electrons. The predicted octanol–water partition coefficient (Wildman–Crippen LogP) is 5.40. The molecule has 4 rings (SSSR count). The minimum Gasteiger partial charge on any atom is -0.390 e. The van der Waals surface area contributed by atoms with Crippen LogP contribution in [0.25, 0.3) is 0 Å². The number of anilines is 2. The highest BCUT2D eigenvalue weighted by Crippen LogP contribution is 2.50. The third kappa shape index (κ3) is 8.11. The van der Waals surface area contributed by atoms with Gasteiger partial charge in [0.25, 0.3) is 5.91 Å². The largest absolute Gasteiger partial charge is 0.390 e. The van der Waals surface area contributed by atoms with Crippen LogP contribution in [0.5, 0.6) is 0 Å². The van der Waals surface area contributed by atoms with E-state index in [0.717, 1.165) is 36.9 Å². The van der Waals surface area contributed by atoms with Gasteiger partial charge in [0.05, 0.1) is 23.6 Å². The Bertz CT molecular complexity index is 1080. The second-order valence-electron chi connectivity index (χ2n) is 11.3. The monoisotopic (exact) mass is 558 g/mol. The van der Waals surface area contributed by atoms with E-state index in [1.54, 1.807) is 16.4 Å². The van der Waals surface area contributed by atoms with Crippen molar-refractivity contribution < 1.29 is 19.0 Å². The molecular weight excluding hydrogens is 512 g/mol. The van der Waals surface area contributed by atoms with E-state index in [2.05, 4.69) is 22.9 Å². The van der Waals surface area contributed by atoms with Crippen LogP contribution < -0.4 is 20.3 Å². The Hall–Kier alpha value is -2.30.